The number of carboxylic acid groups (broad SMARTS) is 1. The molecule has 136 valence electrons. The average molecular weight is 356 g/mol. The summed E-state index contributed by atoms with van der Waals surface area (Å²) in [6.07, 6.45) is 1.80. The van der Waals surface area contributed by atoms with Crippen molar-refractivity contribution in [3.8, 4) is 11.8 Å². The highest BCUT2D eigenvalue weighted by molar-refractivity contribution is 5.94. The number of carbonyl (C=O) groups excluding carboxylic acids is 2. The van der Waals surface area contributed by atoms with Crippen LogP contribution in [0.25, 0.3) is 0 Å². The standard InChI is InChI=1S/C20H20O6/c1-14-4-6-16(7-5-14)8-11-20(9-3-10-20)26-18(23)12-15(2)19(24)25-13-17(21)22/h4-7H,2-3,9-10,12-13H2,1H3,(H,21,22). The lowest BCUT2D eigenvalue weighted by atomic mass is 9.80. The van der Waals surface area contributed by atoms with Gasteiger partial charge < -0.3 is 14.6 Å². The molecule has 0 aromatic heterocycles. The summed E-state index contributed by atoms with van der Waals surface area (Å²) < 4.78 is 9.95. The third-order valence-electron chi connectivity index (χ3n) is 3.93. The first-order valence-electron chi connectivity index (χ1n) is 8.18. The molecule has 0 aliphatic heterocycles. The molecular weight excluding hydrogens is 336 g/mol. The Morgan fingerprint density at radius 3 is 2.42 bits per heavy atom. The fourth-order valence-corrected chi connectivity index (χ4v) is 2.30. The zero-order valence-electron chi connectivity index (χ0n) is 14.5. The molecule has 0 spiro atoms. The van der Waals surface area contributed by atoms with Crippen LogP contribution in [0.4, 0.5) is 0 Å². The number of aliphatic carboxylic acids is 1. The molecule has 2 rings (SSSR count). The Labute approximate surface area is 151 Å². The van der Waals surface area contributed by atoms with Gasteiger partial charge in [-0.3, -0.25) is 4.79 Å². The van der Waals surface area contributed by atoms with E-state index in [0.29, 0.717) is 12.8 Å². The number of rotatable bonds is 6. The maximum absolute atomic E-state index is 12.1. The highest BCUT2D eigenvalue weighted by Gasteiger charge is 2.39. The lowest BCUT2D eigenvalue weighted by Crippen LogP contribution is -2.40. The number of hydrogen-bond donors (Lipinski definition) is 1. The molecule has 0 bridgehead atoms. The SMILES string of the molecule is C=C(CC(=O)OC1(C#Cc2ccc(C)cc2)CCC1)C(=O)OCC(=O)O. The van der Waals surface area contributed by atoms with Gasteiger partial charge in [-0.05, 0) is 44.2 Å². The summed E-state index contributed by atoms with van der Waals surface area (Å²) in [5.41, 5.74) is 0.971. The zero-order chi connectivity index (χ0) is 19.2. The molecule has 26 heavy (non-hydrogen) atoms. The number of benzene rings is 1. The van der Waals surface area contributed by atoms with Crippen molar-refractivity contribution in [3.63, 3.8) is 0 Å². The van der Waals surface area contributed by atoms with E-state index in [0.717, 1.165) is 17.5 Å². The van der Waals surface area contributed by atoms with Crippen LogP contribution in [0.2, 0.25) is 0 Å². The van der Waals surface area contributed by atoms with Gasteiger partial charge in [-0.25, -0.2) is 9.59 Å². The third-order valence-corrected chi connectivity index (χ3v) is 3.93. The van der Waals surface area contributed by atoms with Crippen molar-refractivity contribution < 1.29 is 29.0 Å². The topological polar surface area (TPSA) is 89.9 Å². The monoisotopic (exact) mass is 356 g/mol. The lowest BCUT2D eigenvalue weighted by Gasteiger charge is -2.36. The van der Waals surface area contributed by atoms with E-state index in [1.54, 1.807) is 0 Å². The summed E-state index contributed by atoms with van der Waals surface area (Å²) in [5, 5.41) is 8.47. The van der Waals surface area contributed by atoms with Gasteiger partial charge in [0.15, 0.2) is 12.2 Å². The van der Waals surface area contributed by atoms with E-state index < -0.39 is 30.1 Å². The van der Waals surface area contributed by atoms with Crippen LogP contribution in [0, 0.1) is 18.8 Å². The van der Waals surface area contributed by atoms with Gasteiger partial charge >= 0.3 is 17.9 Å². The van der Waals surface area contributed by atoms with Crippen LogP contribution in [-0.4, -0.2) is 35.2 Å². The van der Waals surface area contributed by atoms with Crippen molar-refractivity contribution in [3.05, 3.63) is 47.5 Å². The second-order valence-corrected chi connectivity index (χ2v) is 6.19. The van der Waals surface area contributed by atoms with E-state index in [1.165, 1.54) is 0 Å². The third kappa shape index (κ3) is 5.49. The summed E-state index contributed by atoms with van der Waals surface area (Å²) in [6, 6.07) is 7.71. The number of ether oxygens (including phenoxy) is 2. The number of hydrogen-bond acceptors (Lipinski definition) is 5. The smallest absolute Gasteiger partial charge is 0.341 e. The predicted molar refractivity (Wildman–Crippen MR) is 93.1 cm³/mol. The Bertz CT molecular complexity index is 775. The molecule has 6 heteroatoms. The fourth-order valence-electron chi connectivity index (χ4n) is 2.30. The van der Waals surface area contributed by atoms with E-state index in [-0.39, 0.29) is 12.0 Å². The van der Waals surface area contributed by atoms with E-state index in [1.807, 2.05) is 31.2 Å². The van der Waals surface area contributed by atoms with E-state index in [4.69, 9.17) is 9.84 Å². The van der Waals surface area contributed by atoms with Crippen LogP contribution in [0.3, 0.4) is 0 Å². The minimum Gasteiger partial charge on any atom is -0.479 e. The van der Waals surface area contributed by atoms with Crippen molar-refractivity contribution in [1.29, 1.82) is 0 Å². The molecule has 0 atom stereocenters. The Hall–Kier alpha value is -3.07. The van der Waals surface area contributed by atoms with Gasteiger partial charge in [-0.15, -0.1) is 0 Å². The molecule has 1 saturated carbocycles. The summed E-state index contributed by atoms with van der Waals surface area (Å²) >= 11 is 0. The number of carbonyl (C=O) groups is 3. The molecule has 0 radical (unpaired) electrons. The van der Waals surface area contributed by atoms with E-state index in [2.05, 4.69) is 23.2 Å². The first kappa shape index (κ1) is 19.3. The second-order valence-electron chi connectivity index (χ2n) is 6.19. The first-order chi connectivity index (χ1) is 12.3. The van der Waals surface area contributed by atoms with Crippen LogP contribution in [0.1, 0.15) is 36.8 Å². The van der Waals surface area contributed by atoms with E-state index >= 15 is 0 Å². The van der Waals surface area contributed by atoms with E-state index in [9.17, 15) is 14.4 Å². The maximum Gasteiger partial charge on any atom is 0.341 e. The molecule has 0 heterocycles. The second kappa shape index (κ2) is 8.34. The molecule has 1 aromatic carbocycles. The molecule has 1 aliphatic rings. The fraction of sp³-hybridized carbons (Fsp3) is 0.350. The predicted octanol–water partition coefficient (Wildman–Crippen LogP) is 2.39. The summed E-state index contributed by atoms with van der Waals surface area (Å²) in [4.78, 5) is 34.0. The van der Waals surface area contributed by atoms with Crippen molar-refractivity contribution in [2.75, 3.05) is 6.61 Å². The van der Waals surface area contributed by atoms with Gasteiger partial charge in [0, 0.05) is 11.1 Å². The lowest BCUT2D eigenvalue weighted by molar-refractivity contribution is -0.161. The van der Waals surface area contributed by atoms with Crippen LogP contribution in [0.5, 0.6) is 0 Å². The highest BCUT2D eigenvalue weighted by atomic mass is 16.6. The number of esters is 2. The van der Waals surface area contributed by atoms with Gasteiger partial charge in [0.1, 0.15) is 0 Å². The molecule has 6 nitrogen and oxygen atoms in total. The van der Waals surface area contributed by atoms with Gasteiger partial charge in [-0.1, -0.05) is 30.2 Å². The average Bonchev–Trinajstić information content (AvgIpc) is 2.56. The summed E-state index contributed by atoms with van der Waals surface area (Å²) in [7, 11) is 0. The molecule has 1 aromatic rings. The number of carboxylic acids is 1. The molecule has 0 saturated heterocycles. The Kier molecular flexibility index (Phi) is 6.18. The summed E-state index contributed by atoms with van der Waals surface area (Å²) in [5.74, 6) is 3.19. The van der Waals surface area contributed by atoms with Crippen LogP contribution < -0.4 is 0 Å². The highest BCUT2D eigenvalue weighted by Crippen LogP contribution is 2.35. The van der Waals surface area contributed by atoms with Gasteiger partial charge in [0.2, 0.25) is 0 Å². The van der Waals surface area contributed by atoms with Crippen molar-refractivity contribution >= 4 is 17.9 Å². The largest absolute Gasteiger partial charge is 0.479 e. The molecule has 0 unspecified atom stereocenters. The van der Waals surface area contributed by atoms with Crippen molar-refractivity contribution in [2.24, 2.45) is 0 Å². The Morgan fingerprint density at radius 1 is 1.23 bits per heavy atom. The van der Waals surface area contributed by atoms with Gasteiger partial charge in [0.25, 0.3) is 0 Å². The van der Waals surface area contributed by atoms with Gasteiger partial charge in [-0.2, -0.15) is 0 Å². The van der Waals surface area contributed by atoms with Crippen LogP contribution >= 0.6 is 0 Å². The molecule has 1 aliphatic carbocycles. The molecular formula is C20H20O6. The minimum absolute atomic E-state index is 0.155. The Morgan fingerprint density at radius 2 is 1.88 bits per heavy atom. The van der Waals surface area contributed by atoms with Crippen LogP contribution in [0.15, 0.2) is 36.4 Å². The number of aryl methyl sites for hydroxylation is 1. The van der Waals surface area contributed by atoms with Crippen molar-refractivity contribution in [2.45, 2.75) is 38.2 Å². The first-order valence-corrected chi connectivity index (χ1v) is 8.18. The zero-order valence-corrected chi connectivity index (χ0v) is 14.5. The normalized spacial score (nSPS) is 14.2. The minimum atomic E-state index is -1.28. The van der Waals surface area contributed by atoms with Crippen LogP contribution in [-0.2, 0) is 23.9 Å². The molecule has 1 fully saturated rings. The van der Waals surface area contributed by atoms with Gasteiger partial charge in [0.05, 0.1) is 6.42 Å². The quantitative estimate of drug-likeness (QED) is 0.478. The van der Waals surface area contributed by atoms with Crippen molar-refractivity contribution in [1.82, 2.24) is 0 Å². The summed E-state index contributed by atoms with van der Waals surface area (Å²) in [6.45, 7) is 4.65. The maximum atomic E-state index is 12.1. The molecule has 0 amide bonds. The Balaban J connectivity index is 1.93. The molecule has 1 N–H and O–H groups in total.